The quantitative estimate of drug-likeness (QED) is 0.802. The van der Waals surface area contributed by atoms with E-state index in [1.165, 1.54) is 11.1 Å². The van der Waals surface area contributed by atoms with Gasteiger partial charge >= 0.3 is 5.97 Å². The molecule has 1 aromatic carbocycles. The highest BCUT2D eigenvalue weighted by atomic mass is 16.7. The monoisotopic (exact) mass is 247 g/mol. The van der Waals surface area contributed by atoms with E-state index in [2.05, 4.69) is 10.2 Å². The average molecular weight is 247 g/mol. The molecule has 1 aromatic heterocycles. The zero-order valence-electron chi connectivity index (χ0n) is 10.0. The normalized spacial score (nSPS) is 10.6. The van der Waals surface area contributed by atoms with Crippen molar-refractivity contribution in [2.24, 2.45) is 0 Å². The first-order valence-electron chi connectivity index (χ1n) is 5.31. The Hall–Kier alpha value is -2.34. The average Bonchev–Trinajstić information content (AvgIpc) is 2.80. The summed E-state index contributed by atoms with van der Waals surface area (Å²) in [5.74, 6) is -0.753. The number of aromatic hydroxyl groups is 1. The molecule has 6 heteroatoms. The number of hydrogen-bond donors (Lipinski definition) is 2. The second kappa shape index (κ2) is 4.89. The molecule has 0 saturated heterocycles. The molecule has 0 aliphatic carbocycles. The van der Waals surface area contributed by atoms with Gasteiger partial charge in [0.15, 0.2) is 0 Å². The molecule has 0 bridgehead atoms. The van der Waals surface area contributed by atoms with Crippen molar-refractivity contribution in [2.45, 2.75) is 0 Å². The first kappa shape index (κ1) is 12.1. The molecule has 94 valence electrons. The van der Waals surface area contributed by atoms with Crippen LogP contribution in [0.25, 0.3) is 11.3 Å². The number of carbonyl (C=O) groups excluding carboxylic acids is 1. The van der Waals surface area contributed by atoms with Gasteiger partial charge in [0.25, 0.3) is 0 Å². The molecule has 2 rings (SSSR count). The van der Waals surface area contributed by atoms with Crippen molar-refractivity contribution in [2.75, 3.05) is 14.1 Å². The van der Waals surface area contributed by atoms with Crippen LogP contribution in [0, 0.1) is 0 Å². The minimum atomic E-state index is -0.622. The maximum atomic E-state index is 11.9. The lowest BCUT2D eigenvalue weighted by molar-refractivity contribution is -0.0714. The fraction of sp³-hybridized carbons (Fsp3) is 0.167. The third-order valence-corrected chi connectivity index (χ3v) is 2.30. The number of aromatic nitrogens is 2. The van der Waals surface area contributed by atoms with E-state index in [0.29, 0.717) is 11.3 Å². The van der Waals surface area contributed by atoms with Gasteiger partial charge in [0, 0.05) is 25.9 Å². The zero-order valence-corrected chi connectivity index (χ0v) is 10.0. The molecule has 0 unspecified atom stereocenters. The highest BCUT2D eigenvalue weighted by molar-refractivity contribution is 5.99. The highest BCUT2D eigenvalue weighted by Gasteiger charge is 2.20. The van der Waals surface area contributed by atoms with Gasteiger partial charge in [0.2, 0.25) is 0 Å². The Balaban J connectivity index is 2.48. The molecular weight excluding hydrogens is 234 g/mol. The van der Waals surface area contributed by atoms with Crippen molar-refractivity contribution >= 4 is 5.97 Å². The second-order valence-corrected chi connectivity index (χ2v) is 3.86. The van der Waals surface area contributed by atoms with Gasteiger partial charge in [-0.3, -0.25) is 5.10 Å². The lowest BCUT2D eigenvalue weighted by atomic mass is 10.0. The third-order valence-electron chi connectivity index (χ3n) is 2.30. The van der Waals surface area contributed by atoms with Gasteiger partial charge in [-0.15, -0.1) is 5.06 Å². The molecule has 0 fully saturated rings. The minimum absolute atomic E-state index is 0.107. The first-order chi connectivity index (χ1) is 8.59. The van der Waals surface area contributed by atoms with Crippen LogP contribution in [0.5, 0.6) is 5.75 Å². The van der Waals surface area contributed by atoms with E-state index in [1.807, 2.05) is 0 Å². The lowest BCUT2D eigenvalue weighted by Crippen LogP contribution is -2.19. The molecule has 0 spiro atoms. The van der Waals surface area contributed by atoms with Crippen molar-refractivity contribution in [1.29, 1.82) is 0 Å². The fourth-order valence-electron chi connectivity index (χ4n) is 1.60. The predicted octanol–water partition coefficient (Wildman–Crippen LogP) is 1.42. The number of benzene rings is 1. The number of nitrogens with zero attached hydrogens (tertiary/aromatic N) is 2. The zero-order chi connectivity index (χ0) is 13.1. The fourth-order valence-corrected chi connectivity index (χ4v) is 1.60. The van der Waals surface area contributed by atoms with E-state index in [9.17, 15) is 9.90 Å². The van der Waals surface area contributed by atoms with E-state index in [4.69, 9.17) is 4.84 Å². The smallest absolute Gasteiger partial charge is 0.361 e. The molecule has 2 aromatic rings. The third kappa shape index (κ3) is 2.33. The molecule has 0 atom stereocenters. The van der Waals surface area contributed by atoms with Gasteiger partial charge in [-0.1, -0.05) is 12.1 Å². The molecular formula is C12H13N3O3. The Bertz CT molecular complexity index is 550. The van der Waals surface area contributed by atoms with Crippen LogP contribution in [0.2, 0.25) is 0 Å². The summed E-state index contributed by atoms with van der Waals surface area (Å²) in [6.45, 7) is 0. The summed E-state index contributed by atoms with van der Waals surface area (Å²) in [6.07, 6.45) is 1.57. The summed E-state index contributed by atoms with van der Waals surface area (Å²) in [6, 6.07) is 6.50. The predicted molar refractivity (Wildman–Crippen MR) is 64.8 cm³/mol. The van der Waals surface area contributed by atoms with Crippen molar-refractivity contribution in [3.8, 4) is 17.0 Å². The lowest BCUT2D eigenvalue weighted by Gasteiger charge is -2.13. The van der Waals surface area contributed by atoms with Crippen LogP contribution in [0.15, 0.2) is 30.5 Å². The van der Waals surface area contributed by atoms with E-state index in [1.54, 1.807) is 38.5 Å². The Morgan fingerprint density at radius 1 is 1.39 bits per heavy atom. The van der Waals surface area contributed by atoms with Gasteiger partial charge in [0.1, 0.15) is 11.3 Å². The summed E-state index contributed by atoms with van der Waals surface area (Å²) in [7, 11) is 3.18. The number of nitrogens with one attached hydrogen (secondary N) is 1. The molecule has 0 aliphatic rings. The highest BCUT2D eigenvalue weighted by Crippen LogP contribution is 2.29. The number of phenols is 1. The van der Waals surface area contributed by atoms with Gasteiger partial charge in [-0.05, 0) is 12.1 Å². The molecule has 18 heavy (non-hydrogen) atoms. The Kier molecular flexibility index (Phi) is 3.29. The van der Waals surface area contributed by atoms with Crippen LogP contribution in [-0.4, -0.2) is 40.4 Å². The first-order valence-corrected chi connectivity index (χ1v) is 5.31. The van der Waals surface area contributed by atoms with Gasteiger partial charge in [0.05, 0.1) is 5.69 Å². The van der Waals surface area contributed by atoms with E-state index in [0.717, 1.165) is 0 Å². The standard InChI is InChI=1S/C12H13N3O3/c1-15(2)18-12(17)11-8(4-3-5-10(11)16)9-6-7-13-14-9/h3-7,16H,1-2H3,(H,13,14). The van der Waals surface area contributed by atoms with Crippen molar-refractivity contribution in [3.05, 3.63) is 36.0 Å². The van der Waals surface area contributed by atoms with Crippen LogP contribution < -0.4 is 0 Å². The van der Waals surface area contributed by atoms with Crippen molar-refractivity contribution in [3.63, 3.8) is 0 Å². The number of hydrogen-bond acceptors (Lipinski definition) is 5. The molecule has 2 N–H and O–H groups in total. The number of phenolic OH excluding ortho intramolecular Hbond substituents is 1. The summed E-state index contributed by atoms with van der Waals surface area (Å²) in [5.41, 5.74) is 1.28. The Morgan fingerprint density at radius 3 is 2.78 bits per heavy atom. The Labute approximate surface area is 104 Å². The van der Waals surface area contributed by atoms with Gasteiger partial charge < -0.3 is 9.94 Å². The van der Waals surface area contributed by atoms with Crippen LogP contribution in [-0.2, 0) is 4.84 Å². The van der Waals surface area contributed by atoms with Crippen molar-refractivity contribution in [1.82, 2.24) is 15.3 Å². The number of rotatable bonds is 3. The molecule has 0 amide bonds. The second-order valence-electron chi connectivity index (χ2n) is 3.86. The largest absolute Gasteiger partial charge is 0.507 e. The van der Waals surface area contributed by atoms with Crippen LogP contribution in [0.1, 0.15) is 10.4 Å². The number of aromatic amines is 1. The maximum Gasteiger partial charge on any atom is 0.361 e. The van der Waals surface area contributed by atoms with Crippen LogP contribution in [0.4, 0.5) is 0 Å². The molecule has 0 radical (unpaired) electrons. The van der Waals surface area contributed by atoms with E-state index in [-0.39, 0.29) is 11.3 Å². The summed E-state index contributed by atoms with van der Waals surface area (Å²) >= 11 is 0. The van der Waals surface area contributed by atoms with E-state index < -0.39 is 5.97 Å². The number of H-pyrrole nitrogens is 1. The number of carbonyl (C=O) groups is 1. The SMILES string of the molecule is CN(C)OC(=O)c1c(O)cccc1-c1ccn[nH]1. The minimum Gasteiger partial charge on any atom is -0.507 e. The van der Waals surface area contributed by atoms with Crippen LogP contribution in [0.3, 0.4) is 0 Å². The van der Waals surface area contributed by atoms with Gasteiger partial charge in [-0.25, -0.2) is 4.79 Å². The number of hydroxylamine groups is 2. The van der Waals surface area contributed by atoms with E-state index >= 15 is 0 Å². The molecule has 0 saturated carbocycles. The molecule has 1 heterocycles. The van der Waals surface area contributed by atoms with Crippen LogP contribution >= 0.6 is 0 Å². The van der Waals surface area contributed by atoms with Crippen molar-refractivity contribution < 1.29 is 14.7 Å². The summed E-state index contributed by atoms with van der Waals surface area (Å²) in [5, 5.41) is 17.7. The molecule has 6 nitrogen and oxygen atoms in total. The topological polar surface area (TPSA) is 78.4 Å². The van der Waals surface area contributed by atoms with Gasteiger partial charge in [-0.2, -0.15) is 5.10 Å². The Morgan fingerprint density at radius 2 is 2.17 bits per heavy atom. The maximum absolute atomic E-state index is 11.9. The summed E-state index contributed by atoms with van der Waals surface area (Å²) in [4.78, 5) is 16.9. The molecule has 0 aliphatic heterocycles. The summed E-state index contributed by atoms with van der Waals surface area (Å²) < 4.78 is 0.